The highest BCUT2D eigenvalue weighted by atomic mass is 16.5. The van der Waals surface area contributed by atoms with E-state index in [4.69, 9.17) is 14.1 Å². The van der Waals surface area contributed by atoms with Crippen molar-refractivity contribution >= 4 is 43.7 Å². The van der Waals surface area contributed by atoms with E-state index < -0.39 is 0 Å². The van der Waals surface area contributed by atoms with Gasteiger partial charge in [-0.2, -0.15) is 0 Å². The summed E-state index contributed by atoms with van der Waals surface area (Å²) in [5.74, 6) is 2.01. The zero-order chi connectivity index (χ0) is 31.5. The smallest absolute Gasteiger partial charge is 0.221 e. The van der Waals surface area contributed by atoms with E-state index in [2.05, 4.69) is 128 Å². The Kier molecular flexibility index (Phi) is 6.64. The largest absolute Gasteiger partial charge is 0.481 e. The quantitative estimate of drug-likeness (QED) is 0.190. The standard InChI is InChI=1S/C41H35N3O2/c1-24(2)31-21-28(26-12-7-6-8-13-26)22-32(25(3)4)38(31)44-36-17-10-9-16-35(36)43-40(44)30-15-11-14-29-34-20-27-18-19-42-41(45-5)33(27)23-37(34)46-39(29)30/h6-25H,1-5H3. The number of aromatic nitrogens is 3. The van der Waals surface area contributed by atoms with Gasteiger partial charge in [-0.1, -0.05) is 82.3 Å². The van der Waals surface area contributed by atoms with Crippen molar-refractivity contribution in [1.82, 2.24) is 14.5 Å². The molecule has 0 atom stereocenters. The monoisotopic (exact) mass is 601 g/mol. The third kappa shape index (κ3) is 4.38. The molecule has 0 radical (unpaired) electrons. The second-order valence-corrected chi connectivity index (χ2v) is 12.6. The Balaban J connectivity index is 1.45. The number of hydrogen-bond donors (Lipinski definition) is 0. The first-order chi connectivity index (χ1) is 22.4. The molecule has 0 saturated carbocycles. The van der Waals surface area contributed by atoms with Gasteiger partial charge in [0, 0.05) is 22.4 Å². The lowest BCUT2D eigenvalue weighted by Gasteiger charge is -2.24. The van der Waals surface area contributed by atoms with Gasteiger partial charge < -0.3 is 9.15 Å². The molecule has 8 rings (SSSR count). The number of pyridine rings is 1. The maximum absolute atomic E-state index is 6.73. The maximum Gasteiger partial charge on any atom is 0.221 e. The Bertz CT molecular complexity index is 2390. The van der Waals surface area contributed by atoms with Crippen LogP contribution in [0.25, 0.3) is 71.9 Å². The van der Waals surface area contributed by atoms with Gasteiger partial charge >= 0.3 is 0 Å². The van der Waals surface area contributed by atoms with Gasteiger partial charge in [0.25, 0.3) is 0 Å². The van der Waals surface area contributed by atoms with Gasteiger partial charge in [0.1, 0.15) is 17.0 Å². The Labute approximate surface area is 268 Å². The predicted molar refractivity (Wildman–Crippen MR) is 189 cm³/mol. The van der Waals surface area contributed by atoms with Crippen LogP contribution in [0.5, 0.6) is 5.88 Å². The van der Waals surface area contributed by atoms with Gasteiger partial charge in [0.15, 0.2) is 0 Å². The van der Waals surface area contributed by atoms with E-state index in [9.17, 15) is 0 Å². The minimum absolute atomic E-state index is 0.281. The number of para-hydroxylation sites is 3. The minimum Gasteiger partial charge on any atom is -0.481 e. The van der Waals surface area contributed by atoms with Crippen LogP contribution in [-0.2, 0) is 0 Å². The summed E-state index contributed by atoms with van der Waals surface area (Å²) in [5.41, 5.74) is 10.8. The minimum atomic E-state index is 0.281. The topological polar surface area (TPSA) is 53.1 Å². The molecule has 0 N–H and O–H groups in total. The van der Waals surface area contributed by atoms with Crippen molar-refractivity contribution in [3.8, 4) is 34.1 Å². The fourth-order valence-electron chi connectivity index (χ4n) is 6.83. The lowest BCUT2D eigenvalue weighted by Crippen LogP contribution is -2.09. The second-order valence-electron chi connectivity index (χ2n) is 12.6. The number of fused-ring (bicyclic) bond motifs is 5. The predicted octanol–water partition coefficient (Wildman–Crippen LogP) is 11.1. The van der Waals surface area contributed by atoms with Crippen LogP contribution < -0.4 is 4.74 Å². The van der Waals surface area contributed by atoms with Gasteiger partial charge in [-0.25, -0.2) is 9.97 Å². The van der Waals surface area contributed by atoms with Gasteiger partial charge in [-0.3, -0.25) is 4.57 Å². The summed E-state index contributed by atoms with van der Waals surface area (Å²) in [4.78, 5) is 9.73. The fourth-order valence-corrected chi connectivity index (χ4v) is 6.83. The SMILES string of the molecule is COc1nccc2cc3c(cc12)oc1c(-c2nc4ccccc4n2-c2c(C(C)C)cc(-c4ccccc4)cc2C(C)C)cccc13. The lowest BCUT2D eigenvalue weighted by molar-refractivity contribution is 0.403. The van der Waals surface area contributed by atoms with E-state index in [0.717, 1.165) is 55.1 Å². The van der Waals surface area contributed by atoms with E-state index in [1.54, 1.807) is 13.3 Å². The Hall–Kier alpha value is -5.42. The van der Waals surface area contributed by atoms with Gasteiger partial charge in [0.2, 0.25) is 5.88 Å². The zero-order valence-corrected chi connectivity index (χ0v) is 26.7. The molecule has 0 saturated heterocycles. The molecule has 0 spiro atoms. The first-order valence-corrected chi connectivity index (χ1v) is 15.9. The molecule has 3 heterocycles. The lowest BCUT2D eigenvalue weighted by atomic mass is 9.88. The summed E-state index contributed by atoms with van der Waals surface area (Å²) in [6.45, 7) is 9.13. The van der Waals surface area contributed by atoms with Crippen molar-refractivity contribution in [2.45, 2.75) is 39.5 Å². The van der Waals surface area contributed by atoms with Crippen molar-refractivity contribution in [1.29, 1.82) is 0 Å². The normalized spacial score (nSPS) is 12.0. The molecule has 5 nitrogen and oxygen atoms in total. The number of nitrogens with zero attached hydrogens (tertiary/aromatic N) is 3. The highest BCUT2D eigenvalue weighted by molar-refractivity contribution is 6.13. The van der Waals surface area contributed by atoms with Crippen LogP contribution >= 0.6 is 0 Å². The van der Waals surface area contributed by atoms with Crippen LogP contribution in [0.2, 0.25) is 0 Å². The Morgan fingerprint density at radius 2 is 1.43 bits per heavy atom. The van der Waals surface area contributed by atoms with Crippen LogP contribution in [0.15, 0.2) is 114 Å². The average Bonchev–Trinajstić information content (AvgIpc) is 3.64. The van der Waals surface area contributed by atoms with E-state index in [0.29, 0.717) is 5.88 Å². The third-order valence-corrected chi connectivity index (χ3v) is 9.08. The van der Waals surface area contributed by atoms with Crippen molar-refractivity contribution in [3.63, 3.8) is 0 Å². The van der Waals surface area contributed by atoms with Crippen LogP contribution in [0.3, 0.4) is 0 Å². The summed E-state index contributed by atoms with van der Waals surface area (Å²) < 4.78 is 14.7. The van der Waals surface area contributed by atoms with E-state index in [1.165, 1.54) is 27.9 Å². The van der Waals surface area contributed by atoms with Gasteiger partial charge in [-0.05, 0) is 88.0 Å². The molecule has 0 amide bonds. The number of benzene rings is 5. The summed E-state index contributed by atoms with van der Waals surface area (Å²) in [6, 6.07) is 36.5. The highest BCUT2D eigenvalue weighted by Crippen LogP contribution is 2.43. The maximum atomic E-state index is 6.73. The van der Waals surface area contributed by atoms with Crippen LogP contribution in [0.1, 0.15) is 50.7 Å². The molecular formula is C41H35N3O2. The molecule has 8 aromatic rings. The molecule has 0 aliphatic carbocycles. The summed E-state index contributed by atoms with van der Waals surface area (Å²) in [5, 5.41) is 4.09. The molecule has 5 heteroatoms. The average molecular weight is 602 g/mol. The molecule has 3 aromatic heterocycles. The number of furan rings is 1. The zero-order valence-electron chi connectivity index (χ0n) is 26.7. The van der Waals surface area contributed by atoms with Gasteiger partial charge in [-0.15, -0.1) is 0 Å². The van der Waals surface area contributed by atoms with Crippen LogP contribution in [-0.4, -0.2) is 21.6 Å². The Morgan fingerprint density at radius 3 is 2.17 bits per heavy atom. The second kappa shape index (κ2) is 10.9. The number of hydrogen-bond acceptors (Lipinski definition) is 4. The Morgan fingerprint density at radius 1 is 0.696 bits per heavy atom. The molecule has 0 aliphatic rings. The van der Waals surface area contributed by atoms with E-state index in [1.807, 2.05) is 12.1 Å². The van der Waals surface area contributed by atoms with Crippen LogP contribution in [0, 0.1) is 0 Å². The van der Waals surface area contributed by atoms with Gasteiger partial charge in [0.05, 0.1) is 29.4 Å². The van der Waals surface area contributed by atoms with E-state index in [-0.39, 0.29) is 11.8 Å². The summed E-state index contributed by atoms with van der Waals surface area (Å²) >= 11 is 0. The molecule has 226 valence electrons. The summed E-state index contributed by atoms with van der Waals surface area (Å²) in [7, 11) is 1.65. The number of rotatable bonds is 6. The molecule has 46 heavy (non-hydrogen) atoms. The number of ether oxygens (including phenoxy) is 1. The molecule has 0 bridgehead atoms. The van der Waals surface area contributed by atoms with Crippen molar-refractivity contribution in [2.75, 3.05) is 7.11 Å². The number of methoxy groups -OCH3 is 1. The van der Waals surface area contributed by atoms with Crippen molar-refractivity contribution in [3.05, 3.63) is 120 Å². The van der Waals surface area contributed by atoms with Crippen molar-refractivity contribution < 1.29 is 9.15 Å². The third-order valence-electron chi connectivity index (χ3n) is 9.08. The number of imidazole rings is 1. The summed E-state index contributed by atoms with van der Waals surface area (Å²) in [6.07, 6.45) is 1.78. The molecule has 0 unspecified atom stereocenters. The molecule has 5 aromatic carbocycles. The molecular weight excluding hydrogens is 566 g/mol. The fraction of sp³-hybridized carbons (Fsp3) is 0.171. The highest BCUT2D eigenvalue weighted by Gasteiger charge is 2.25. The van der Waals surface area contributed by atoms with Crippen molar-refractivity contribution in [2.24, 2.45) is 0 Å². The van der Waals surface area contributed by atoms with E-state index >= 15 is 0 Å². The first kappa shape index (κ1) is 28.1. The molecule has 0 fully saturated rings. The molecule has 0 aliphatic heterocycles. The first-order valence-electron chi connectivity index (χ1n) is 15.9. The van der Waals surface area contributed by atoms with Crippen LogP contribution in [0.4, 0.5) is 0 Å².